The maximum Gasteiger partial charge on any atom is 0.0326 e. The number of nitrogens with one attached hydrogen (secondary N) is 1. The predicted octanol–water partition coefficient (Wildman–Crippen LogP) is 2.22. The van der Waals surface area contributed by atoms with Gasteiger partial charge in [-0.3, -0.25) is 0 Å². The van der Waals surface area contributed by atoms with Crippen molar-refractivity contribution in [3.63, 3.8) is 0 Å². The molecule has 0 amide bonds. The van der Waals surface area contributed by atoms with Crippen molar-refractivity contribution in [2.24, 2.45) is 0 Å². The van der Waals surface area contributed by atoms with E-state index in [2.05, 4.69) is 48.6 Å². The summed E-state index contributed by atoms with van der Waals surface area (Å²) in [5.41, 5.74) is 3.06. The number of benzene rings is 1. The van der Waals surface area contributed by atoms with Gasteiger partial charge in [-0.2, -0.15) is 0 Å². The summed E-state index contributed by atoms with van der Waals surface area (Å²) in [5.74, 6) is 0. The van der Waals surface area contributed by atoms with Gasteiger partial charge in [0.2, 0.25) is 0 Å². The van der Waals surface area contributed by atoms with Gasteiger partial charge in [-0.1, -0.05) is 24.3 Å². The van der Waals surface area contributed by atoms with E-state index in [4.69, 9.17) is 0 Å². The molecule has 0 fully saturated rings. The summed E-state index contributed by atoms with van der Waals surface area (Å²) in [6, 6.07) is 9.42. The Labute approximate surface area is 98.7 Å². The number of aryl methyl sites for hydroxylation is 1. The molecule has 1 aromatic rings. The third-order valence-corrected chi connectivity index (χ3v) is 3.31. The molecule has 2 nitrogen and oxygen atoms in total. The predicted molar refractivity (Wildman–Crippen MR) is 68.7 cm³/mol. The first-order valence-electron chi connectivity index (χ1n) is 6.23. The SMILES string of the molecule is CN(C)CCCNC1CCc2ccccc21. The van der Waals surface area contributed by atoms with Crippen molar-refractivity contribution in [1.82, 2.24) is 10.2 Å². The molecule has 1 unspecified atom stereocenters. The number of nitrogens with zero attached hydrogens (tertiary/aromatic N) is 1. The molecule has 0 radical (unpaired) electrons. The van der Waals surface area contributed by atoms with Gasteiger partial charge in [-0.25, -0.2) is 0 Å². The Bertz CT molecular complexity index is 333. The molecule has 1 aliphatic carbocycles. The Hall–Kier alpha value is -0.860. The van der Waals surface area contributed by atoms with Gasteiger partial charge in [0.1, 0.15) is 0 Å². The molecular weight excluding hydrogens is 196 g/mol. The fourth-order valence-electron chi connectivity index (χ4n) is 2.44. The minimum Gasteiger partial charge on any atom is -0.310 e. The average molecular weight is 218 g/mol. The van der Waals surface area contributed by atoms with Crippen LogP contribution < -0.4 is 5.32 Å². The molecule has 1 aliphatic rings. The zero-order chi connectivity index (χ0) is 11.4. The second-order valence-corrected chi connectivity index (χ2v) is 4.90. The van der Waals surface area contributed by atoms with Crippen LogP contribution in [0, 0.1) is 0 Å². The van der Waals surface area contributed by atoms with E-state index in [0.29, 0.717) is 6.04 Å². The van der Waals surface area contributed by atoms with Crippen molar-refractivity contribution in [3.8, 4) is 0 Å². The van der Waals surface area contributed by atoms with E-state index in [1.807, 2.05) is 0 Å². The Morgan fingerprint density at radius 1 is 1.31 bits per heavy atom. The molecule has 0 saturated heterocycles. The Balaban J connectivity index is 1.80. The van der Waals surface area contributed by atoms with Crippen LogP contribution in [0.2, 0.25) is 0 Å². The maximum absolute atomic E-state index is 3.67. The molecule has 0 heterocycles. The summed E-state index contributed by atoms with van der Waals surface area (Å²) in [5, 5.41) is 3.67. The van der Waals surface area contributed by atoms with Gasteiger partial charge >= 0.3 is 0 Å². The summed E-state index contributed by atoms with van der Waals surface area (Å²) in [6.07, 6.45) is 3.73. The molecule has 1 aromatic carbocycles. The summed E-state index contributed by atoms with van der Waals surface area (Å²) in [4.78, 5) is 2.24. The van der Waals surface area contributed by atoms with Gasteiger partial charge in [-0.15, -0.1) is 0 Å². The number of hydrogen-bond donors (Lipinski definition) is 1. The van der Waals surface area contributed by atoms with Gasteiger partial charge in [0.05, 0.1) is 0 Å². The third-order valence-electron chi connectivity index (χ3n) is 3.31. The minimum absolute atomic E-state index is 0.596. The summed E-state index contributed by atoms with van der Waals surface area (Å²) in [6.45, 7) is 2.29. The fourth-order valence-corrected chi connectivity index (χ4v) is 2.44. The van der Waals surface area contributed by atoms with Crippen molar-refractivity contribution < 1.29 is 0 Å². The first-order chi connectivity index (χ1) is 7.77. The summed E-state index contributed by atoms with van der Waals surface area (Å²) >= 11 is 0. The highest BCUT2D eigenvalue weighted by Gasteiger charge is 2.20. The highest BCUT2D eigenvalue weighted by atomic mass is 15.1. The molecule has 0 aromatic heterocycles. The lowest BCUT2D eigenvalue weighted by Gasteiger charge is -2.15. The van der Waals surface area contributed by atoms with Crippen molar-refractivity contribution in [2.75, 3.05) is 27.2 Å². The molecule has 0 aliphatic heterocycles. The monoisotopic (exact) mass is 218 g/mol. The molecule has 2 heteroatoms. The van der Waals surface area contributed by atoms with Crippen LogP contribution in [-0.2, 0) is 6.42 Å². The third kappa shape index (κ3) is 2.83. The molecule has 0 saturated carbocycles. The largest absolute Gasteiger partial charge is 0.310 e. The van der Waals surface area contributed by atoms with Crippen molar-refractivity contribution in [3.05, 3.63) is 35.4 Å². The summed E-state index contributed by atoms with van der Waals surface area (Å²) in [7, 11) is 4.26. The molecule has 16 heavy (non-hydrogen) atoms. The van der Waals surface area contributed by atoms with Crippen LogP contribution in [0.1, 0.15) is 30.0 Å². The van der Waals surface area contributed by atoms with Gasteiger partial charge in [-0.05, 0) is 57.6 Å². The van der Waals surface area contributed by atoms with Crippen molar-refractivity contribution in [1.29, 1.82) is 0 Å². The van der Waals surface area contributed by atoms with E-state index in [9.17, 15) is 0 Å². The normalized spacial score (nSPS) is 19.1. The molecule has 0 bridgehead atoms. The quantitative estimate of drug-likeness (QED) is 0.762. The van der Waals surface area contributed by atoms with Crippen LogP contribution in [0.25, 0.3) is 0 Å². The lowest BCUT2D eigenvalue weighted by molar-refractivity contribution is 0.386. The Kier molecular flexibility index (Phi) is 3.97. The molecule has 1 atom stereocenters. The second kappa shape index (κ2) is 5.46. The smallest absolute Gasteiger partial charge is 0.0326 e. The van der Waals surface area contributed by atoms with E-state index in [1.165, 1.54) is 36.9 Å². The first kappa shape index (κ1) is 11.6. The number of fused-ring (bicyclic) bond motifs is 1. The van der Waals surface area contributed by atoms with E-state index in [1.54, 1.807) is 0 Å². The summed E-state index contributed by atoms with van der Waals surface area (Å²) < 4.78 is 0. The molecular formula is C14H22N2. The fraction of sp³-hybridized carbons (Fsp3) is 0.571. The first-order valence-corrected chi connectivity index (χ1v) is 6.23. The van der Waals surface area contributed by atoms with Crippen LogP contribution in [0.4, 0.5) is 0 Å². The zero-order valence-corrected chi connectivity index (χ0v) is 10.4. The van der Waals surface area contributed by atoms with E-state index in [-0.39, 0.29) is 0 Å². The van der Waals surface area contributed by atoms with Gasteiger partial charge in [0.15, 0.2) is 0 Å². The lowest BCUT2D eigenvalue weighted by Crippen LogP contribution is -2.24. The number of hydrogen-bond acceptors (Lipinski definition) is 2. The standard InChI is InChI=1S/C14H22N2/c1-16(2)11-5-10-15-14-9-8-12-6-3-4-7-13(12)14/h3-4,6-7,14-15H,5,8-11H2,1-2H3. The lowest BCUT2D eigenvalue weighted by atomic mass is 10.1. The van der Waals surface area contributed by atoms with Crippen LogP contribution in [0.15, 0.2) is 24.3 Å². The maximum atomic E-state index is 3.67. The van der Waals surface area contributed by atoms with Crippen molar-refractivity contribution >= 4 is 0 Å². The minimum atomic E-state index is 0.596. The van der Waals surface area contributed by atoms with Crippen LogP contribution in [0.3, 0.4) is 0 Å². The van der Waals surface area contributed by atoms with Crippen LogP contribution >= 0.6 is 0 Å². The Morgan fingerprint density at radius 3 is 2.94 bits per heavy atom. The van der Waals surface area contributed by atoms with E-state index in [0.717, 1.165) is 6.54 Å². The van der Waals surface area contributed by atoms with Crippen molar-refractivity contribution in [2.45, 2.75) is 25.3 Å². The van der Waals surface area contributed by atoms with E-state index < -0.39 is 0 Å². The number of rotatable bonds is 5. The molecule has 0 spiro atoms. The second-order valence-electron chi connectivity index (χ2n) is 4.90. The zero-order valence-electron chi connectivity index (χ0n) is 10.4. The van der Waals surface area contributed by atoms with Gasteiger partial charge in [0, 0.05) is 6.04 Å². The molecule has 2 rings (SSSR count). The van der Waals surface area contributed by atoms with E-state index >= 15 is 0 Å². The Morgan fingerprint density at radius 2 is 2.12 bits per heavy atom. The molecule has 1 N–H and O–H groups in total. The highest BCUT2D eigenvalue weighted by molar-refractivity contribution is 5.34. The topological polar surface area (TPSA) is 15.3 Å². The van der Waals surface area contributed by atoms with Crippen LogP contribution in [0.5, 0.6) is 0 Å². The average Bonchev–Trinajstić information content (AvgIpc) is 2.68. The molecule has 88 valence electrons. The van der Waals surface area contributed by atoms with Crippen LogP contribution in [-0.4, -0.2) is 32.1 Å². The van der Waals surface area contributed by atoms with Gasteiger partial charge < -0.3 is 10.2 Å². The van der Waals surface area contributed by atoms with Gasteiger partial charge in [0.25, 0.3) is 0 Å². The highest BCUT2D eigenvalue weighted by Crippen LogP contribution is 2.30.